The zero-order valence-corrected chi connectivity index (χ0v) is 15.4. The van der Waals surface area contributed by atoms with Crippen molar-refractivity contribution in [2.75, 3.05) is 13.2 Å². The highest BCUT2D eigenvalue weighted by Gasteiger charge is 2.36. The van der Waals surface area contributed by atoms with E-state index in [0.717, 1.165) is 16.7 Å². The predicted molar refractivity (Wildman–Crippen MR) is 92.6 cm³/mol. The van der Waals surface area contributed by atoms with E-state index in [9.17, 15) is 18.8 Å². The van der Waals surface area contributed by atoms with Crippen LogP contribution in [0.1, 0.15) is 19.4 Å². The van der Waals surface area contributed by atoms with E-state index in [0.29, 0.717) is 5.56 Å². The molecule has 2 rings (SSSR count). The van der Waals surface area contributed by atoms with Crippen LogP contribution in [0.4, 0.5) is 9.18 Å². The maximum Gasteiger partial charge on any atom is 0.326 e. The summed E-state index contributed by atoms with van der Waals surface area (Å²) < 4.78 is 18.5. The van der Waals surface area contributed by atoms with Crippen molar-refractivity contribution in [3.05, 3.63) is 39.0 Å². The zero-order chi connectivity index (χ0) is 17.9. The summed E-state index contributed by atoms with van der Waals surface area (Å²) in [5.74, 6) is -1.45. The van der Waals surface area contributed by atoms with Crippen LogP contribution in [-0.2, 0) is 14.3 Å². The van der Waals surface area contributed by atoms with Crippen molar-refractivity contribution in [1.29, 1.82) is 0 Å². The van der Waals surface area contributed by atoms with E-state index in [4.69, 9.17) is 4.74 Å². The first-order valence-corrected chi connectivity index (χ1v) is 8.75. The van der Waals surface area contributed by atoms with Crippen LogP contribution in [0, 0.1) is 11.7 Å². The zero-order valence-electron chi connectivity index (χ0n) is 13.0. The molecule has 0 saturated carbocycles. The van der Waals surface area contributed by atoms with Gasteiger partial charge in [0.05, 0.1) is 16.0 Å². The minimum atomic E-state index is -0.628. The average Bonchev–Trinajstić information content (AvgIpc) is 2.76. The fraction of sp³-hybridized carbons (Fsp3) is 0.312. The molecule has 8 heteroatoms. The lowest BCUT2D eigenvalue weighted by molar-refractivity contribution is -0.147. The standard InChI is InChI=1S/C16H15BrFNO4S/c1-9(2)8-23-14(20)7-19-15(21)13(24-16(19)22)6-10-3-4-12(18)11(17)5-10/h3-6,9H,7-8H2,1-2H3/b13-6+. The second kappa shape index (κ2) is 7.94. The number of rotatable bonds is 5. The molecule has 1 aromatic carbocycles. The molecule has 2 amide bonds. The van der Waals surface area contributed by atoms with Gasteiger partial charge in [-0.3, -0.25) is 19.3 Å². The Bertz CT molecular complexity index is 720. The third kappa shape index (κ3) is 4.67. The van der Waals surface area contributed by atoms with Crippen LogP contribution in [0.5, 0.6) is 0 Å². The molecule has 5 nitrogen and oxygen atoms in total. The number of thioether (sulfide) groups is 1. The minimum absolute atomic E-state index is 0.167. The largest absolute Gasteiger partial charge is 0.464 e. The van der Waals surface area contributed by atoms with Gasteiger partial charge >= 0.3 is 5.97 Å². The summed E-state index contributed by atoms with van der Waals surface area (Å²) in [6.45, 7) is 3.59. The highest BCUT2D eigenvalue weighted by molar-refractivity contribution is 9.10. The number of carbonyl (C=O) groups is 3. The van der Waals surface area contributed by atoms with Gasteiger partial charge in [-0.15, -0.1) is 0 Å². The van der Waals surface area contributed by atoms with Crippen molar-refractivity contribution < 1.29 is 23.5 Å². The Morgan fingerprint density at radius 1 is 1.42 bits per heavy atom. The van der Waals surface area contributed by atoms with Crippen molar-refractivity contribution >= 4 is 50.9 Å². The Kier molecular flexibility index (Phi) is 6.17. The fourth-order valence-electron chi connectivity index (χ4n) is 1.82. The normalized spacial score (nSPS) is 16.4. The summed E-state index contributed by atoms with van der Waals surface area (Å²) in [5.41, 5.74) is 0.566. The van der Waals surface area contributed by atoms with E-state index < -0.39 is 29.5 Å². The third-order valence-corrected chi connectivity index (χ3v) is 4.49. The number of nitrogens with zero attached hydrogens (tertiary/aromatic N) is 1. The summed E-state index contributed by atoms with van der Waals surface area (Å²) in [7, 11) is 0. The van der Waals surface area contributed by atoms with Crippen molar-refractivity contribution in [3.63, 3.8) is 0 Å². The Balaban J connectivity index is 2.09. The molecule has 1 aliphatic heterocycles. The lowest BCUT2D eigenvalue weighted by Crippen LogP contribution is -2.34. The number of hydrogen-bond donors (Lipinski definition) is 0. The van der Waals surface area contributed by atoms with Crippen LogP contribution >= 0.6 is 27.7 Å². The molecule has 0 unspecified atom stereocenters. The Labute approximate surface area is 151 Å². The lowest BCUT2D eigenvalue weighted by atomic mass is 10.2. The number of carbonyl (C=O) groups excluding carboxylic acids is 3. The lowest BCUT2D eigenvalue weighted by Gasteiger charge is -2.12. The topological polar surface area (TPSA) is 63.7 Å². The van der Waals surface area contributed by atoms with Crippen molar-refractivity contribution in [1.82, 2.24) is 4.90 Å². The van der Waals surface area contributed by atoms with Gasteiger partial charge in [-0.25, -0.2) is 4.39 Å². The summed E-state index contributed by atoms with van der Waals surface area (Å²) in [6, 6.07) is 4.24. The highest BCUT2D eigenvalue weighted by Crippen LogP contribution is 2.32. The van der Waals surface area contributed by atoms with Gasteiger partial charge in [-0.1, -0.05) is 19.9 Å². The third-order valence-electron chi connectivity index (χ3n) is 2.98. The Hall–Kier alpha value is -1.67. The van der Waals surface area contributed by atoms with Gasteiger partial charge in [0.15, 0.2) is 0 Å². The highest BCUT2D eigenvalue weighted by atomic mass is 79.9. The molecule has 24 heavy (non-hydrogen) atoms. The van der Waals surface area contributed by atoms with E-state index >= 15 is 0 Å². The summed E-state index contributed by atoms with van der Waals surface area (Å²) in [5, 5.41) is -0.533. The van der Waals surface area contributed by atoms with Gasteiger partial charge in [-0.2, -0.15) is 0 Å². The van der Waals surface area contributed by atoms with Gasteiger partial charge in [-0.05, 0) is 57.4 Å². The molecule has 1 fully saturated rings. The van der Waals surface area contributed by atoms with Gasteiger partial charge in [0.25, 0.3) is 11.1 Å². The Morgan fingerprint density at radius 2 is 2.12 bits per heavy atom. The van der Waals surface area contributed by atoms with Crippen LogP contribution in [0.2, 0.25) is 0 Å². The Morgan fingerprint density at radius 3 is 2.75 bits per heavy atom. The summed E-state index contributed by atoms with van der Waals surface area (Å²) in [4.78, 5) is 36.9. The van der Waals surface area contributed by atoms with Crippen LogP contribution in [0.15, 0.2) is 27.6 Å². The maximum atomic E-state index is 13.2. The second-order valence-electron chi connectivity index (χ2n) is 5.52. The van der Waals surface area contributed by atoms with Gasteiger partial charge < -0.3 is 4.74 Å². The SMILES string of the molecule is CC(C)COC(=O)CN1C(=O)S/C(=C/c2ccc(F)c(Br)c2)C1=O. The molecule has 1 aliphatic rings. The van der Waals surface area contributed by atoms with E-state index in [-0.39, 0.29) is 21.9 Å². The summed E-state index contributed by atoms with van der Waals surface area (Å²) >= 11 is 3.80. The minimum Gasteiger partial charge on any atom is -0.464 e. The molecule has 0 spiro atoms. The van der Waals surface area contributed by atoms with E-state index in [1.165, 1.54) is 24.3 Å². The monoisotopic (exact) mass is 415 g/mol. The maximum absolute atomic E-state index is 13.2. The molecular formula is C16H15BrFNO4S. The van der Waals surface area contributed by atoms with Gasteiger partial charge in [0, 0.05) is 0 Å². The number of halogens is 2. The van der Waals surface area contributed by atoms with E-state index in [2.05, 4.69) is 15.9 Å². The molecule has 0 aliphatic carbocycles. The van der Waals surface area contributed by atoms with Gasteiger partial charge in [0.1, 0.15) is 12.4 Å². The fourth-order valence-corrected chi connectivity index (χ4v) is 3.06. The van der Waals surface area contributed by atoms with E-state index in [1.807, 2.05) is 13.8 Å². The number of hydrogen-bond acceptors (Lipinski definition) is 5. The number of benzene rings is 1. The first-order valence-electron chi connectivity index (χ1n) is 7.14. The smallest absolute Gasteiger partial charge is 0.326 e. The van der Waals surface area contributed by atoms with Crippen LogP contribution < -0.4 is 0 Å². The second-order valence-corrected chi connectivity index (χ2v) is 7.37. The number of esters is 1. The molecule has 128 valence electrons. The van der Waals surface area contributed by atoms with E-state index in [1.54, 1.807) is 0 Å². The predicted octanol–water partition coefficient (Wildman–Crippen LogP) is 3.82. The van der Waals surface area contributed by atoms with Crippen LogP contribution in [0.3, 0.4) is 0 Å². The molecular weight excluding hydrogens is 401 g/mol. The van der Waals surface area contributed by atoms with Crippen LogP contribution in [-0.4, -0.2) is 35.2 Å². The van der Waals surface area contributed by atoms with Crippen molar-refractivity contribution in [3.8, 4) is 0 Å². The molecule has 0 bridgehead atoms. The summed E-state index contributed by atoms with van der Waals surface area (Å²) in [6.07, 6.45) is 1.48. The first-order chi connectivity index (χ1) is 11.3. The molecule has 1 heterocycles. The number of ether oxygens (including phenoxy) is 1. The molecule has 1 aromatic rings. The average molecular weight is 416 g/mol. The molecule has 0 atom stereocenters. The first kappa shape index (κ1) is 18.7. The molecule has 0 aromatic heterocycles. The quantitative estimate of drug-likeness (QED) is 0.540. The molecule has 1 saturated heterocycles. The number of amides is 2. The molecule has 0 radical (unpaired) electrons. The van der Waals surface area contributed by atoms with Crippen LogP contribution in [0.25, 0.3) is 6.08 Å². The van der Waals surface area contributed by atoms with Gasteiger partial charge in [0.2, 0.25) is 0 Å². The molecule has 0 N–H and O–H groups in total. The van der Waals surface area contributed by atoms with Crippen molar-refractivity contribution in [2.24, 2.45) is 5.92 Å². The van der Waals surface area contributed by atoms with Crippen molar-refractivity contribution in [2.45, 2.75) is 13.8 Å². The number of imide groups is 1.